The van der Waals surface area contributed by atoms with Gasteiger partial charge < -0.3 is 15.2 Å². The minimum atomic E-state index is -0.757. The molecule has 1 aromatic carbocycles. The van der Waals surface area contributed by atoms with E-state index in [4.69, 9.17) is 15.2 Å². The molecule has 0 fully saturated rings. The van der Waals surface area contributed by atoms with Gasteiger partial charge in [0.05, 0.1) is 6.61 Å². The third-order valence-corrected chi connectivity index (χ3v) is 2.38. The molecule has 0 saturated carbocycles. The number of carbonyl (C=O) groups is 1. The topological polar surface area (TPSA) is 61.5 Å². The van der Waals surface area contributed by atoms with Crippen molar-refractivity contribution in [3.05, 3.63) is 29.6 Å². The molecule has 18 heavy (non-hydrogen) atoms. The second kappa shape index (κ2) is 6.35. The fourth-order valence-electron chi connectivity index (χ4n) is 1.48. The summed E-state index contributed by atoms with van der Waals surface area (Å²) >= 11 is 0. The van der Waals surface area contributed by atoms with Crippen molar-refractivity contribution < 1.29 is 18.7 Å². The molecule has 0 bridgehead atoms. The van der Waals surface area contributed by atoms with Gasteiger partial charge in [0.25, 0.3) is 0 Å². The third kappa shape index (κ3) is 3.70. The lowest BCUT2D eigenvalue weighted by Crippen LogP contribution is -2.26. The molecule has 2 N–H and O–H groups in total. The Morgan fingerprint density at radius 1 is 1.44 bits per heavy atom. The Morgan fingerprint density at radius 2 is 2.11 bits per heavy atom. The van der Waals surface area contributed by atoms with E-state index in [1.807, 2.05) is 0 Å². The Labute approximate surface area is 106 Å². The average Bonchev–Trinajstić information content (AvgIpc) is 2.31. The lowest BCUT2D eigenvalue weighted by atomic mass is 10.1. The lowest BCUT2D eigenvalue weighted by molar-refractivity contribution is -0.150. The SMILES string of the molecule is CCOC(=O)C(C)Oc1ccc(F)cc1[C@@H](C)N. The molecule has 0 aliphatic heterocycles. The molecule has 2 atom stereocenters. The van der Waals surface area contributed by atoms with Crippen LogP contribution in [0, 0.1) is 5.82 Å². The van der Waals surface area contributed by atoms with Crippen molar-refractivity contribution in [2.75, 3.05) is 6.61 Å². The van der Waals surface area contributed by atoms with Crippen molar-refractivity contribution in [1.82, 2.24) is 0 Å². The van der Waals surface area contributed by atoms with Gasteiger partial charge in [0, 0.05) is 11.6 Å². The van der Waals surface area contributed by atoms with Crippen molar-refractivity contribution in [2.45, 2.75) is 32.9 Å². The predicted octanol–water partition coefficient (Wildman–Crippen LogP) is 2.18. The molecule has 5 heteroatoms. The molecule has 0 heterocycles. The van der Waals surface area contributed by atoms with Crippen LogP contribution in [0.4, 0.5) is 4.39 Å². The van der Waals surface area contributed by atoms with E-state index < -0.39 is 17.9 Å². The maximum Gasteiger partial charge on any atom is 0.347 e. The molecule has 0 saturated heterocycles. The van der Waals surface area contributed by atoms with Crippen molar-refractivity contribution in [2.24, 2.45) is 5.73 Å². The molecule has 1 aromatic rings. The number of halogens is 1. The van der Waals surface area contributed by atoms with E-state index in [1.54, 1.807) is 20.8 Å². The molecule has 100 valence electrons. The van der Waals surface area contributed by atoms with Crippen LogP contribution in [0.2, 0.25) is 0 Å². The number of ether oxygens (including phenoxy) is 2. The van der Waals surface area contributed by atoms with E-state index in [1.165, 1.54) is 18.2 Å². The minimum absolute atomic E-state index is 0.288. The Bertz CT molecular complexity index is 421. The van der Waals surface area contributed by atoms with Crippen LogP contribution < -0.4 is 10.5 Å². The van der Waals surface area contributed by atoms with Crippen LogP contribution in [0.1, 0.15) is 32.4 Å². The smallest absolute Gasteiger partial charge is 0.347 e. The first-order valence-electron chi connectivity index (χ1n) is 5.84. The molecule has 1 unspecified atom stereocenters. The third-order valence-electron chi connectivity index (χ3n) is 2.38. The quantitative estimate of drug-likeness (QED) is 0.819. The van der Waals surface area contributed by atoms with Crippen molar-refractivity contribution >= 4 is 5.97 Å². The van der Waals surface area contributed by atoms with Crippen LogP contribution >= 0.6 is 0 Å². The first-order valence-corrected chi connectivity index (χ1v) is 5.84. The van der Waals surface area contributed by atoms with Crippen LogP contribution in [-0.4, -0.2) is 18.7 Å². The second-order valence-corrected chi connectivity index (χ2v) is 3.98. The minimum Gasteiger partial charge on any atom is -0.479 e. The highest BCUT2D eigenvalue weighted by atomic mass is 19.1. The summed E-state index contributed by atoms with van der Waals surface area (Å²) < 4.78 is 23.4. The molecule has 4 nitrogen and oxygen atoms in total. The van der Waals surface area contributed by atoms with E-state index in [0.717, 1.165) is 0 Å². The molecule has 0 aliphatic rings. The Balaban J connectivity index is 2.87. The van der Waals surface area contributed by atoms with Gasteiger partial charge in [-0.15, -0.1) is 0 Å². The average molecular weight is 255 g/mol. The summed E-state index contributed by atoms with van der Waals surface area (Å²) in [5.41, 5.74) is 6.25. The van der Waals surface area contributed by atoms with E-state index in [-0.39, 0.29) is 12.6 Å². The normalized spacial score (nSPS) is 13.8. The number of hydrogen-bond acceptors (Lipinski definition) is 4. The number of nitrogens with two attached hydrogens (primary N) is 1. The molecule has 0 amide bonds. The maximum atomic E-state index is 13.1. The molecule has 1 rings (SSSR count). The largest absolute Gasteiger partial charge is 0.479 e. The van der Waals surface area contributed by atoms with Gasteiger partial charge in [-0.05, 0) is 39.0 Å². The highest BCUT2D eigenvalue weighted by molar-refractivity contribution is 5.74. The van der Waals surface area contributed by atoms with Crippen molar-refractivity contribution in [1.29, 1.82) is 0 Å². The standard InChI is InChI=1S/C13H18FNO3/c1-4-17-13(16)9(3)18-12-6-5-10(14)7-11(12)8(2)15/h5-9H,4,15H2,1-3H3/t8-,9?/m1/s1. The fourth-order valence-corrected chi connectivity index (χ4v) is 1.48. The number of rotatable bonds is 5. The molecule has 0 radical (unpaired) electrons. The summed E-state index contributed by atoms with van der Waals surface area (Å²) in [4.78, 5) is 11.4. The Morgan fingerprint density at radius 3 is 2.67 bits per heavy atom. The van der Waals surface area contributed by atoms with Gasteiger partial charge >= 0.3 is 5.97 Å². The zero-order valence-corrected chi connectivity index (χ0v) is 10.8. The van der Waals surface area contributed by atoms with Gasteiger partial charge in [-0.3, -0.25) is 0 Å². The lowest BCUT2D eigenvalue weighted by Gasteiger charge is -2.18. The van der Waals surface area contributed by atoms with Gasteiger partial charge in [0.15, 0.2) is 6.10 Å². The summed E-state index contributed by atoms with van der Waals surface area (Å²) in [7, 11) is 0. The van der Waals surface area contributed by atoms with E-state index in [9.17, 15) is 9.18 Å². The zero-order chi connectivity index (χ0) is 13.7. The van der Waals surface area contributed by atoms with E-state index in [0.29, 0.717) is 11.3 Å². The summed E-state index contributed by atoms with van der Waals surface area (Å²) in [6.07, 6.45) is -0.757. The first-order chi connectivity index (χ1) is 8.45. The summed E-state index contributed by atoms with van der Waals surface area (Å²) in [6, 6.07) is 3.64. The highest BCUT2D eigenvalue weighted by Crippen LogP contribution is 2.25. The molecular formula is C13H18FNO3. The second-order valence-electron chi connectivity index (χ2n) is 3.98. The maximum absolute atomic E-state index is 13.1. The van der Waals surface area contributed by atoms with Gasteiger partial charge in [-0.1, -0.05) is 0 Å². The number of carbonyl (C=O) groups excluding carboxylic acids is 1. The van der Waals surface area contributed by atoms with Crippen LogP contribution in [0.15, 0.2) is 18.2 Å². The zero-order valence-electron chi connectivity index (χ0n) is 10.8. The van der Waals surface area contributed by atoms with E-state index in [2.05, 4.69) is 0 Å². The summed E-state index contributed by atoms with van der Waals surface area (Å²) in [5.74, 6) is -0.456. The molecular weight excluding hydrogens is 237 g/mol. The number of esters is 1. The van der Waals surface area contributed by atoms with Gasteiger partial charge in [0.2, 0.25) is 0 Å². The van der Waals surface area contributed by atoms with Crippen molar-refractivity contribution in [3.8, 4) is 5.75 Å². The molecule has 0 aromatic heterocycles. The fraction of sp³-hybridized carbons (Fsp3) is 0.462. The molecule has 0 aliphatic carbocycles. The van der Waals surface area contributed by atoms with Gasteiger partial charge in [-0.2, -0.15) is 0 Å². The van der Waals surface area contributed by atoms with Crippen LogP contribution in [-0.2, 0) is 9.53 Å². The molecule has 0 spiro atoms. The van der Waals surface area contributed by atoms with Crippen LogP contribution in [0.3, 0.4) is 0 Å². The Hall–Kier alpha value is -1.62. The van der Waals surface area contributed by atoms with Crippen LogP contribution in [0.5, 0.6) is 5.75 Å². The van der Waals surface area contributed by atoms with Crippen molar-refractivity contribution in [3.63, 3.8) is 0 Å². The van der Waals surface area contributed by atoms with Gasteiger partial charge in [0.1, 0.15) is 11.6 Å². The summed E-state index contributed by atoms with van der Waals surface area (Å²) in [6.45, 7) is 5.30. The van der Waals surface area contributed by atoms with Gasteiger partial charge in [-0.25, -0.2) is 9.18 Å². The Kier molecular flexibility index (Phi) is 5.09. The highest BCUT2D eigenvalue weighted by Gasteiger charge is 2.18. The van der Waals surface area contributed by atoms with Crippen LogP contribution in [0.25, 0.3) is 0 Å². The number of benzene rings is 1. The summed E-state index contributed by atoms with van der Waals surface area (Å²) in [5, 5.41) is 0. The predicted molar refractivity (Wildman–Crippen MR) is 65.7 cm³/mol. The first kappa shape index (κ1) is 14.4. The number of hydrogen-bond donors (Lipinski definition) is 1. The monoisotopic (exact) mass is 255 g/mol. The van der Waals surface area contributed by atoms with E-state index >= 15 is 0 Å².